The van der Waals surface area contributed by atoms with Gasteiger partial charge in [0.2, 0.25) is 0 Å². The summed E-state index contributed by atoms with van der Waals surface area (Å²) >= 11 is 0. The number of aliphatic carboxylic acids is 1. The van der Waals surface area contributed by atoms with Crippen LogP contribution in [0.4, 0.5) is 0 Å². The monoisotopic (exact) mass is 397 g/mol. The number of hydrogen-bond acceptors (Lipinski definition) is 6. The molecule has 0 radical (unpaired) electrons. The van der Waals surface area contributed by atoms with Crippen molar-refractivity contribution in [2.45, 2.75) is 38.5 Å². The quantitative estimate of drug-likeness (QED) is 0.346. The average molecular weight is 398 g/mol. The van der Waals surface area contributed by atoms with Crippen LogP contribution in [0.25, 0.3) is 0 Å². The maximum absolute atomic E-state index is 10.3. The first-order chi connectivity index (χ1) is 13.7. The molecular weight excluding hydrogens is 362 g/mol. The number of rotatable bonds is 19. The van der Waals surface area contributed by atoms with Gasteiger partial charge in [-0.25, -0.2) is 0 Å². The molecule has 0 bridgehead atoms. The van der Waals surface area contributed by atoms with Crippen LogP contribution >= 0.6 is 0 Å². The van der Waals surface area contributed by atoms with E-state index in [0.717, 1.165) is 51.1 Å². The topological polar surface area (TPSA) is 100 Å². The largest absolute Gasteiger partial charge is 0.494 e. The third-order valence-corrected chi connectivity index (χ3v) is 3.99. The summed E-state index contributed by atoms with van der Waals surface area (Å²) in [4.78, 5) is 10.3. The summed E-state index contributed by atoms with van der Waals surface area (Å²) in [5.41, 5.74) is 6.79. The van der Waals surface area contributed by atoms with E-state index in [9.17, 15) is 4.79 Å². The normalized spacial score (nSPS) is 10.9. The lowest BCUT2D eigenvalue weighted by atomic mass is 10.1. The van der Waals surface area contributed by atoms with E-state index in [2.05, 4.69) is 12.1 Å². The van der Waals surface area contributed by atoms with E-state index in [1.54, 1.807) is 0 Å². The van der Waals surface area contributed by atoms with E-state index in [1.807, 2.05) is 12.1 Å². The van der Waals surface area contributed by atoms with Crippen molar-refractivity contribution in [3.63, 3.8) is 0 Å². The van der Waals surface area contributed by atoms with E-state index in [4.69, 9.17) is 29.8 Å². The molecule has 1 aromatic rings. The molecule has 0 aliphatic rings. The number of benzene rings is 1. The third kappa shape index (κ3) is 14.4. The number of carbonyl (C=O) groups is 1. The van der Waals surface area contributed by atoms with Crippen molar-refractivity contribution in [2.24, 2.45) is 5.73 Å². The van der Waals surface area contributed by atoms with Gasteiger partial charge in [-0.1, -0.05) is 18.6 Å². The lowest BCUT2D eigenvalue weighted by Gasteiger charge is -2.08. The maximum Gasteiger partial charge on any atom is 0.305 e. The molecule has 0 aliphatic carbocycles. The molecule has 160 valence electrons. The van der Waals surface area contributed by atoms with Gasteiger partial charge in [-0.05, 0) is 49.9 Å². The van der Waals surface area contributed by atoms with E-state index >= 15 is 0 Å². The molecule has 3 N–H and O–H groups in total. The Morgan fingerprint density at radius 1 is 0.857 bits per heavy atom. The Bertz CT molecular complexity index is 511. The number of ether oxygens (including phenoxy) is 4. The highest BCUT2D eigenvalue weighted by atomic mass is 16.5. The van der Waals surface area contributed by atoms with Gasteiger partial charge in [0, 0.05) is 6.61 Å². The number of carboxylic acids is 1. The molecule has 0 unspecified atom stereocenters. The molecule has 0 saturated heterocycles. The highest BCUT2D eigenvalue weighted by molar-refractivity contribution is 5.66. The zero-order valence-corrected chi connectivity index (χ0v) is 16.8. The fourth-order valence-electron chi connectivity index (χ4n) is 2.51. The van der Waals surface area contributed by atoms with Crippen molar-refractivity contribution in [1.29, 1.82) is 0 Å². The Kier molecular flexibility index (Phi) is 15.2. The minimum absolute atomic E-state index is 0.0250. The van der Waals surface area contributed by atoms with Gasteiger partial charge in [0.05, 0.1) is 46.1 Å². The standard InChI is InChI=1S/C21H35NO6/c22-10-8-19-6-5-7-20(18-19)28-12-4-2-1-3-11-25-14-16-27-17-15-26-13-9-21(23)24/h5-7,18H,1-4,8-17,22H2,(H,23,24). The van der Waals surface area contributed by atoms with E-state index in [0.29, 0.717) is 33.0 Å². The van der Waals surface area contributed by atoms with Crippen LogP contribution < -0.4 is 10.5 Å². The lowest BCUT2D eigenvalue weighted by molar-refractivity contribution is -0.138. The van der Waals surface area contributed by atoms with Crippen molar-refractivity contribution in [3.05, 3.63) is 29.8 Å². The zero-order chi connectivity index (χ0) is 20.3. The van der Waals surface area contributed by atoms with E-state index in [1.165, 1.54) is 5.56 Å². The highest BCUT2D eigenvalue weighted by Gasteiger charge is 1.98. The van der Waals surface area contributed by atoms with E-state index in [-0.39, 0.29) is 13.0 Å². The van der Waals surface area contributed by atoms with Gasteiger partial charge >= 0.3 is 5.97 Å². The van der Waals surface area contributed by atoms with E-state index < -0.39 is 5.97 Å². The van der Waals surface area contributed by atoms with Crippen LogP contribution in [0.5, 0.6) is 5.75 Å². The van der Waals surface area contributed by atoms with Gasteiger partial charge in [0.1, 0.15) is 5.75 Å². The number of unbranched alkanes of at least 4 members (excludes halogenated alkanes) is 3. The average Bonchev–Trinajstić information content (AvgIpc) is 2.68. The Morgan fingerprint density at radius 2 is 1.50 bits per heavy atom. The molecule has 7 nitrogen and oxygen atoms in total. The van der Waals surface area contributed by atoms with Crippen molar-refractivity contribution < 1.29 is 28.8 Å². The van der Waals surface area contributed by atoms with Gasteiger partial charge in [-0.3, -0.25) is 4.79 Å². The predicted molar refractivity (Wildman–Crippen MR) is 108 cm³/mol. The van der Waals surface area contributed by atoms with Crippen LogP contribution in [-0.2, 0) is 25.4 Å². The molecule has 0 saturated carbocycles. The number of carboxylic acid groups (broad SMARTS) is 1. The third-order valence-electron chi connectivity index (χ3n) is 3.99. The zero-order valence-electron chi connectivity index (χ0n) is 16.8. The maximum atomic E-state index is 10.3. The summed E-state index contributed by atoms with van der Waals surface area (Å²) in [7, 11) is 0. The summed E-state index contributed by atoms with van der Waals surface area (Å²) in [5, 5.41) is 8.45. The molecule has 0 heterocycles. The lowest BCUT2D eigenvalue weighted by Crippen LogP contribution is -2.11. The minimum atomic E-state index is -0.852. The Hall–Kier alpha value is -1.67. The fourth-order valence-corrected chi connectivity index (χ4v) is 2.51. The molecule has 0 atom stereocenters. The molecule has 0 spiro atoms. The Morgan fingerprint density at radius 3 is 2.18 bits per heavy atom. The van der Waals surface area contributed by atoms with Crippen molar-refractivity contribution in [3.8, 4) is 5.75 Å². The molecule has 0 aliphatic heterocycles. The van der Waals surface area contributed by atoms with Gasteiger partial charge in [-0.15, -0.1) is 0 Å². The molecule has 28 heavy (non-hydrogen) atoms. The van der Waals surface area contributed by atoms with Crippen molar-refractivity contribution in [2.75, 3.05) is 52.8 Å². The minimum Gasteiger partial charge on any atom is -0.494 e. The van der Waals surface area contributed by atoms with Crippen molar-refractivity contribution in [1.82, 2.24) is 0 Å². The first-order valence-corrected chi connectivity index (χ1v) is 10.1. The predicted octanol–water partition coefficient (Wildman–Crippen LogP) is 2.65. The smallest absolute Gasteiger partial charge is 0.305 e. The SMILES string of the molecule is NCCc1cccc(OCCCCCCOCCOCCOCCC(=O)O)c1. The van der Waals surface area contributed by atoms with Crippen molar-refractivity contribution >= 4 is 5.97 Å². The second kappa shape index (κ2) is 17.4. The van der Waals surface area contributed by atoms with Gasteiger partial charge in [0.15, 0.2) is 0 Å². The summed E-state index contributed by atoms with van der Waals surface area (Å²) in [6.45, 7) is 4.30. The number of hydrogen-bond donors (Lipinski definition) is 2. The first-order valence-electron chi connectivity index (χ1n) is 10.1. The fraction of sp³-hybridized carbons (Fsp3) is 0.667. The molecular formula is C21H35NO6. The number of nitrogens with two attached hydrogens (primary N) is 1. The first kappa shape index (κ1) is 24.4. The highest BCUT2D eigenvalue weighted by Crippen LogP contribution is 2.14. The molecule has 0 aromatic heterocycles. The molecule has 1 aromatic carbocycles. The van der Waals surface area contributed by atoms with Crippen LogP contribution in [0, 0.1) is 0 Å². The summed E-state index contributed by atoms with van der Waals surface area (Å²) in [5.74, 6) is 0.0662. The summed E-state index contributed by atoms with van der Waals surface area (Å²) < 4.78 is 21.8. The van der Waals surface area contributed by atoms with Gasteiger partial charge < -0.3 is 29.8 Å². The molecule has 7 heteroatoms. The second-order valence-electron chi connectivity index (χ2n) is 6.43. The van der Waals surface area contributed by atoms with Gasteiger partial charge in [0.25, 0.3) is 0 Å². The van der Waals surface area contributed by atoms with Gasteiger partial charge in [-0.2, -0.15) is 0 Å². The molecule has 0 amide bonds. The van der Waals surface area contributed by atoms with Crippen LogP contribution in [0.2, 0.25) is 0 Å². The molecule has 1 rings (SSSR count). The summed E-state index contributed by atoms with van der Waals surface area (Å²) in [6, 6.07) is 8.12. The van der Waals surface area contributed by atoms with Crippen LogP contribution in [0.1, 0.15) is 37.7 Å². The Labute approximate surface area is 168 Å². The molecule has 0 fully saturated rings. The Balaban J connectivity index is 1.81. The van der Waals surface area contributed by atoms with Crippen LogP contribution in [-0.4, -0.2) is 63.9 Å². The van der Waals surface area contributed by atoms with Crippen LogP contribution in [0.3, 0.4) is 0 Å². The summed E-state index contributed by atoms with van der Waals surface area (Å²) in [6.07, 6.45) is 5.21. The second-order valence-corrected chi connectivity index (χ2v) is 6.43. The van der Waals surface area contributed by atoms with Crippen LogP contribution in [0.15, 0.2) is 24.3 Å².